The summed E-state index contributed by atoms with van der Waals surface area (Å²) >= 11 is 0. The van der Waals surface area contributed by atoms with Crippen molar-refractivity contribution in [1.29, 1.82) is 0 Å². The molecule has 4 rings (SSSR count). The van der Waals surface area contributed by atoms with Crippen molar-refractivity contribution in [2.45, 2.75) is 59.4 Å². The third-order valence-corrected chi connectivity index (χ3v) is 5.83. The summed E-state index contributed by atoms with van der Waals surface area (Å²) in [5, 5.41) is 5.39. The van der Waals surface area contributed by atoms with Crippen LogP contribution in [-0.4, -0.2) is 27.5 Å². The van der Waals surface area contributed by atoms with E-state index in [9.17, 15) is 4.79 Å². The van der Waals surface area contributed by atoms with Crippen LogP contribution in [0.5, 0.6) is 0 Å². The van der Waals surface area contributed by atoms with E-state index in [1.807, 2.05) is 17.9 Å². The van der Waals surface area contributed by atoms with Crippen molar-refractivity contribution < 1.29 is 9.32 Å². The molecule has 5 nitrogen and oxygen atoms in total. The number of piperidine rings is 1. The molecule has 1 aromatic carbocycles. The molecule has 0 spiro atoms. The number of likely N-dealkylation sites (tertiary alicyclic amines) is 1. The van der Waals surface area contributed by atoms with Crippen molar-refractivity contribution >= 4 is 16.8 Å². The van der Waals surface area contributed by atoms with E-state index in [1.54, 1.807) is 0 Å². The lowest BCUT2D eigenvalue weighted by Crippen LogP contribution is -2.39. The predicted octanol–water partition coefficient (Wildman–Crippen LogP) is 4.69. The predicted molar refractivity (Wildman–Crippen MR) is 106 cm³/mol. The van der Waals surface area contributed by atoms with Gasteiger partial charge in [0.25, 0.3) is 0 Å². The topological polar surface area (TPSA) is 62.1 Å². The maximum Gasteiger partial charge on any atom is 0.227 e. The van der Waals surface area contributed by atoms with Gasteiger partial charge in [0.15, 0.2) is 0 Å². The van der Waals surface area contributed by atoms with Crippen LogP contribution in [0.25, 0.3) is 10.9 Å². The molecule has 142 valence electrons. The standard InChI is InChI=1S/C22H27N3O2/c1-13-8-9-14(2)22-21(13)17(16(4)23-22)12-20(26)25-10-6-5-7-19(25)18-11-15(3)27-24-18/h8-9,11,19,23H,5-7,10,12H2,1-4H3/t19-/m0/s1. The van der Waals surface area contributed by atoms with Gasteiger partial charge in [-0.05, 0) is 63.6 Å². The highest BCUT2D eigenvalue weighted by Gasteiger charge is 2.31. The molecule has 1 atom stereocenters. The quantitative estimate of drug-likeness (QED) is 0.733. The number of fused-ring (bicyclic) bond motifs is 1. The highest BCUT2D eigenvalue weighted by Crippen LogP contribution is 2.33. The molecular formula is C22H27N3O2. The molecule has 0 saturated carbocycles. The van der Waals surface area contributed by atoms with Crippen LogP contribution in [0.3, 0.4) is 0 Å². The zero-order chi connectivity index (χ0) is 19.1. The molecule has 2 aromatic heterocycles. The Labute approximate surface area is 159 Å². The molecule has 3 aromatic rings. The fourth-order valence-electron chi connectivity index (χ4n) is 4.37. The number of nitrogens with one attached hydrogen (secondary N) is 1. The molecule has 0 radical (unpaired) electrons. The molecular weight excluding hydrogens is 338 g/mol. The second kappa shape index (κ2) is 6.87. The highest BCUT2D eigenvalue weighted by molar-refractivity contribution is 5.94. The van der Waals surface area contributed by atoms with Crippen molar-refractivity contribution in [3.63, 3.8) is 0 Å². The molecule has 0 bridgehead atoms. The van der Waals surface area contributed by atoms with Crippen molar-refractivity contribution in [2.24, 2.45) is 0 Å². The van der Waals surface area contributed by atoms with E-state index in [2.05, 4.69) is 43.0 Å². The van der Waals surface area contributed by atoms with Crippen LogP contribution in [0, 0.1) is 27.7 Å². The summed E-state index contributed by atoms with van der Waals surface area (Å²) in [7, 11) is 0. The summed E-state index contributed by atoms with van der Waals surface area (Å²) in [5.41, 5.74) is 6.66. The number of amides is 1. The molecule has 1 aliphatic heterocycles. The highest BCUT2D eigenvalue weighted by atomic mass is 16.5. The lowest BCUT2D eigenvalue weighted by Gasteiger charge is -2.34. The van der Waals surface area contributed by atoms with Crippen molar-refractivity contribution in [3.8, 4) is 0 Å². The minimum absolute atomic E-state index is 0.0250. The lowest BCUT2D eigenvalue weighted by atomic mass is 9.96. The van der Waals surface area contributed by atoms with E-state index >= 15 is 0 Å². The summed E-state index contributed by atoms with van der Waals surface area (Å²) in [4.78, 5) is 18.8. The average molecular weight is 365 g/mol. The number of H-pyrrole nitrogens is 1. The van der Waals surface area contributed by atoms with Crippen LogP contribution in [0.1, 0.15) is 59.1 Å². The molecule has 1 amide bonds. The molecule has 5 heteroatoms. The number of carbonyl (C=O) groups is 1. The van der Waals surface area contributed by atoms with E-state index in [0.717, 1.165) is 54.0 Å². The fraction of sp³-hybridized carbons (Fsp3) is 0.455. The fourth-order valence-corrected chi connectivity index (χ4v) is 4.37. The molecule has 1 fully saturated rings. The van der Waals surface area contributed by atoms with Gasteiger partial charge in [-0.1, -0.05) is 17.3 Å². The molecule has 27 heavy (non-hydrogen) atoms. The Bertz CT molecular complexity index is 999. The van der Waals surface area contributed by atoms with Gasteiger partial charge in [0.2, 0.25) is 5.91 Å². The van der Waals surface area contributed by atoms with Gasteiger partial charge in [-0.25, -0.2) is 0 Å². The van der Waals surface area contributed by atoms with E-state index in [1.165, 1.54) is 16.5 Å². The number of hydrogen-bond acceptors (Lipinski definition) is 3. The van der Waals surface area contributed by atoms with Crippen LogP contribution in [0.4, 0.5) is 0 Å². The summed E-state index contributed by atoms with van der Waals surface area (Å²) in [6.07, 6.45) is 3.53. The van der Waals surface area contributed by atoms with E-state index in [4.69, 9.17) is 4.52 Å². The summed E-state index contributed by atoms with van der Waals surface area (Å²) in [5.74, 6) is 0.965. The van der Waals surface area contributed by atoms with Gasteiger partial charge < -0.3 is 14.4 Å². The van der Waals surface area contributed by atoms with Crippen LogP contribution in [0.15, 0.2) is 22.7 Å². The summed E-state index contributed by atoms with van der Waals surface area (Å²) in [6, 6.07) is 6.26. The Morgan fingerprint density at radius 2 is 2.00 bits per heavy atom. The third-order valence-electron chi connectivity index (χ3n) is 5.83. The first kappa shape index (κ1) is 17.8. The third kappa shape index (κ3) is 3.15. The molecule has 1 aliphatic rings. The average Bonchev–Trinajstić information content (AvgIpc) is 3.23. The normalized spacial score (nSPS) is 17.6. The Morgan fingerprint density at radius 1 is 1.22 bits per heavy atom. The van der Waals surface area contributed by atoms with E-state index in [0.29, 0.717) is 6.42 Å². The monoisotopic (exact) mass is 365 g/mol. The summed E-state index contributed by atoms with van der Waals surface area (Å²) < 4.78 is 5.26. The molecule has 0 unspecified atom stereocenters. The number of benzene rings is 1. The van der Waals surface area contributed by atoms with E-state index < -0.39 is 0 Å². The van der Waals surface area contributed by atoms with Crippen LogP contribution in [-0.2, 0) is 11.2 Å². The Kier molecular flexibility index (Phi) is 4.54. The summed E-state index contributed by atoms with van der Waals surface area (Å²) in [6.45, 7) is 8.97. The largest absolute Gasteiger partial charge is 0.361 e. The molecule has 1 N–H and O–H groups in total. The van der Waals surface area contributed by atoms with Gasteiger partial charge in [0.05, 0.1) is 12.5 Å². The Morgan fingerprint density at radius 3 is 2.74 bits per heavy atom. The second-order valence-electron chi connectivity index (χ2n) is 7.82. The van der Waals surface area contributed by atoms with Gasteiger partial charge in [0.1, 0.15) is 11.5 Å². The molecule has 1 saturated heterocycles. The number of aromatic nitrogens is 2. The first-order valence-corrected chi connectivity index (χ1v) is 9.75. The first-order valence-electron chi connectivity index (χ1n) is 9.75. The van der Waals surface area contributed by atoms with Gasteiger partial charge in [-0.15, -0.1) is 0 Å². The van der Waals surface area contributed by atoms with Gasteiger partial charge in [-0.2, -0.15) is 0 Å². The Hall–Kier alpha value is -2.56. The number of rotatable bonds is 3. The van der Waals surface area contributed by atoms with E-state index in [-0.39, 0.29) is 11.9 Å². The van der Waals surface area contributed by atoms with Crippen molar-refractivity contribution in [2.75, 3.05) is 6.54 Å². The second-order valence-corrected chi connectivity index (χ2v) is 7.82. The minimum atomic E-state index is 0.0250. The van der Waals surface area contributed by atoms with Gasteiger partial charge in [0, 0.05) is 29.2 Å². The van der Waals surface area contributed by atoms with Crippen LogP contribution < -0.4 is 0 Å². The van der Waals surface area contributed by atoms with Crippen molar-refractivity contribution in [1.82, 2.24) is 15.0 Å². The SMILES string of the molecule is Cc1cc([C@@H]2CCCCN2C(=O)Cc2c(C)[nH]c3c(C)ccc(C)c23)no1. The maximum atomic E-state index is 13.3. The smallest absolute Gasteiger partial charge is 0.227 e. The van der Waals surface area contributed by atoms with Gasteiger partial charge in [-0.3, -0.25) is 4.79 Å². The first-order chi connectivity index (χ1) is 13.0. The molecule has 0 aliphatic carbocycles. The zero-order valence-electron chi connectivity index (χ0n) is 16.6. The number of aromatic amines is 1. The number of aryl methyl sites for hydroxylation is 4. The van der Waals surface area contributed by atoms with Gasteiger partial charge >= 0.3 is 0 Å². The minimum Gasteiger partial charge on any atom is -0.361 e. The number of nitrogens with zero attached hydrogens (tertiary/aromatic N) is 2. The van der Waals surface area contributed by atoms with Crippen LogP contribution in [0.2, 0.25) is 0 Å². The number of hydrogen-bond donors (Lipinski definition) is 1. The lowest BCUT2D eigenvalue weighted by molar-refractivity contribution is -0.134. The Balaban J connectivity index is 1.66. The van der Waals surface area contributed by atoms with Crippen LogP contribution >= 0.6 is 0 Å². The molecule has 3 heterocycles. The number of carbonyl (C=O) groups excluding carboxylic acids is 1. The zero-order valence-corrected chi connectivity index (χ0v) is 16.6. The maximum absolute atomic E-state index is 13.3. The van der Waals surface area contributed by atoms with Crippen molar-refractivity contribution in [3.05, 3.63) is 52.0 Å².